The molecule has 6 heteroatoms. The normalized spacial score (nSPS) is 10.4. The van der Waals surface area contributed by atoms with Crippen LogP contribution in [0.4, 0.5) is 0 Å². The Kier molecular flexibility index (Phi) is 4.01. The van der Waals surface area contributed by atoms with Crippen LogP contribution in [0.3, 0.4) is 0 Å². The molecule has 0 aliphatic heterocycles. The van der Waals surface area contributed by atoms with Gasteiger partial charge in [0.1, 0.15) is 5.75 Å². The van der Waals surface area contributed by atoms with Crippen LogP contribution >= 0.6 is 0 Å². The molecule has 2 aromatic rings. The summed E-state index contributed by atoms with van der Waals surface area (Å²) in [6, 6.07) is 6.70. The van der Waals surface area contributed by atoms with E-state index in [1.807, 2.05) is 19.4 Å². The zero-order valence-corrected chi connectivity index (χ0v) is 10.2. The van der Waals surface area contributed by atoms with Gasteiger partial charge in [-0.25, -0.2) is 0 Å². The van der Waals surface area contributed by atoms with Gasteiger partial charge in [-0.05, 0) is 23.2 Å². The molecule has 0 atom stereocenters. The highest BCUT2D eigenvalue weighted by atomic mass is 16.5. The van der Waals surface area contributed by atoms with Crippen molar-refractivity contribution in [3.05, 3.63) is 42.2 Å². The smallest absolute Gasteiger partial charge is 0.488 e. The predicted molar refractivity (Wildman–Crippen MR) is 68.7 cm³/mol. The minimum Gasteiger partial charge on any atom is -0.493 e. The Morgan fingerprint density at radius 3 is 2.56 bits per heavy atom. The molecule has 1 aromatic heterocycles. The topological polar surface area (TPSA) is 67.5 Å². The molecule has 0 radical (unpaired) electrons. The second-order valence-electron chi connectivity index (χ2n) is 4.06. The molecule has 1 heterocycles. The van der Waals surface area contributed by atoms with Gasteiger partial charge in [-0.3, -0.25) is 4.68 Å². The van der Waals surface area contributed by atoms with Crippen LogP contribution in [0.2, 0.25) is 0 Å². The molecule has 0 amide bonds. The van der Waals surface area contributed by atoms with Crippen LogP contribution in [-0.2, 0) is 13.5 Å². The molecule has 0 bridgehead atoms. The van der Waals surface area contributed by atoms with Crippen molar-refractivity contribution in [2.24, 2.45) is 7.05 Å². The number of ether oxygens (including phenoxy) is 1. The first kappa shape index (κ1) is 12.7. The van der Waals surface area contributed by atoms with Crippen LogP contribution in [0.15, 0.2) is 36.7 Å². The van der Waals surface area contributed by atoms with E-state index < -0.39 is 7.12 Å². The lowest BCUT2D eigenvalue weighted by Crippen LogP contribution is -2.29. The van der Waals surface area contributed by atoms with Gasteiger partial charge in [-0.15, -0.1) is 0 Å². The van der Waals surface area contributed by atoms with Crippen LogP contribution in [0.5, 0.6) is 5.75 Å². The van der Waals surface area contributed by atoms with Crippen molar-refractivity contribution in [3.63, 3.8) is 0 Å². The van der Waals surface area contributed by atoms with E-state index in [0.717, 1.165) is 12.0 Å². The van der Waals surface area contributed by atoms with E-state index in [-0.39, 0.29) is 0 Å². The van der Waals surface area contributed by atoms with Gasteiger partial charge in [-0.2, -0.15) is 5.10 Å². The van der Waals surface area contributed by atoms with Gasteiger partial charge in [0.25, 0.3) is 0 Å². The number of aryl methyl sites for hydroxylation is 1. The molecule has 0 saturated heterocycles. The van der Waals surface area contributed by atoms with Gasteiger partial charge in [0.2, 0.25) is 0 Å². The summed E-state index contributed by atoms with van der Waals surface area (Å²) in [6.07, 6.45) is 4.56. The summed E-state index contributed by atoms with van der Waals surface area (Å²) in [5.41, 5.74) is 1.58. The fourth-order valence-electron chi connectivity index (χ4n) is 1.62. The van der Waals surface area contributed by atoms with Crippen molar-refractivity contribution in [1.82, 2.24) is 9.78 Å². The molecule has 0 spiro atoms. The summed E-state index contributed by atoms with van der Waals surface area (Å²) in [5.74, 6) is 0.711. The highest BCUT2D eigenvalue weighted by molar-refractivity contribution is 6.58. The standard InChI is InChI=1S/C12H15BN2O3/c1-15-9-10(8-14-15)6-7-18-12-4-2-11(3-5-12)13(16)17/h2-5,8-9,16-17H,6-7H2,1H3. The summed E-state index contributed by atoms with van der Waals surface area (Å²) in [7, 11) is 0.443. The highest BCUT2D eigenvalue weighted by Crippen LogP contribution is 2.08. The molecule has 0 aliphatic carbocycles. The highest BCUT2D eigenvalue weighted by Gasteiger charge is 2.09. The Morgan fingerprint density at radius 1 is 1.28 bits per heavy atom. The van der Waals surface area contributed by atoms with Crippen LogP contribution in [0.1, 0.15) is 5.56 Å². The number of aromatic nitrogens is 2. The monoisotopic (exact) mass is 246 g/mol. The summed E-state index contributed by atoms with van der Waals surface area (Å²) in [4.78, 5) is 0. The number of rotatable bonds is 5. The molecular formula is C12H15BN2O3. The van der Waals surface area contributed by atoms with E-state index in [0.29, 0.717) is 17.8 Å². The van der Waals surface area contributed by atoms with E-state index in [2.05, 4.69) is 5.10 Å². The molecule has 0 saturated carbocycles. The minimum absolute atomic E-state index is 0.453. The minimum atomic E-state index is -1.44. The number of nitrogens with zero attached hydrogens (tertiary/aromatic N) is 2. The lowest BCUT2D eigenvalue weighted by atomic mass is 9.80. The first-order valence-electron chi connectivity index (χ1n) is 5.71. The zero-order valence-electron chi connectivity index (χ0n) is 10.2. The molecule has 94 valence electrons. The summed E-state index contributed by atoms with van der Waals surface area (Å²) in [6.45, 7) is 0.562. The third-order valence-corrected chi connectivity index (χ3v) is 2.60. The molecule has 2 N–H and O–H groups in total. The molecule has 0 aliphatic rings. The van der Waals surface area contributed by atoms with E-state index >= 15 is 0 Å². The van der Waals surface area contributed by atoms with Crippen molar-refractivity contribution in [2.45, 2.75) is 6.42 Å². The quantitative estimate of drug-likeness (QED) is 0.712. The molecule has 5 nitrogen and oxygen atoms in total. The van der Waals surface area contributed by atoms with Crippen molar-refractivity contribution >= 4 is 12.6 Å². The summed E-state index contributed by atoms with van der Waals surface area (Å²) >= 11 is 0. The average molecular weight is 246 g/mol. The van der Waals surface area contributed by atoms with Crippen LogP contribution in [-0.4, -0.2) is 33.6 Å². The average Bonchev–Trinajstić information content (AvgIpc) is 2.76. The van der Waals surface area contributed by atoms with Gasteiger partial charge in [0.15, 0.2) is 0 Å². The molecule has 1 aromatic carbocycles. The van der Waals surface area contributed by atoms with Gasteiger partial charge in [0, 0.05) is 19.7 Å². The van der Waals surface area contributed by atoms with E-state index in [1.165, 1.54) is 0 Å². The Balaban J connectivity index is 1.83. The Labute approximate surface area is 106 Å². The lowest BCUT2D eigenvalue weighted by Gasteiger charge is -2.06. The lowest BCUT2D eigenvalue weighted by molar-refractivity contribution is 0.322. The zero-order chi connectivity index (χ0) is 13.0. The maximum Gasteiger partial charge on any atom is 0.488 e. The molecule has 0 unspecified atom stereocenters. The summed E-state index contributed by atoms with van der Waals surface area (Å²) < 4.78 is 7.31. The largest absolute Gasteiger partial charge is 0.493 e. The number of hydrogen-bond acceptors (Lipinski definition) is 4. The first-order chi connectivity index (χ1) is 8.65. The number of benzene rings is 1. The second-order valence-corrected chi connectivity index (χ2v) is 4.06. The molecule has 18 heavy (non-hydrogen) atoms. The Morgan fingerprint density at radius 2 is 2.00 bits per heavy atom. The van der Waals surface area contributed by atoms with Crippen molar-refractivity contribution in [1.29, 1.82) is 0 Å². The van der Waals surface area contributed by atoms with Crippen molar-refractivity contribution < 1.29 is 14.8 Å². The van der Waals surface area contributed by atoms with Crippen molar-refractivity contribution in [2.75, 3.05) is 6.61 Å². The van der Waals surface area contributed by atoms with Crippen LogP contribution in [0, 0.1) is 0 Å². The fraction of sp³-hybridized carbons (Fsp3) is 0.250. The third kappa shape index (κ3) is 3.35. The van der Waals surface area contributed by atoms with E-state index in [4.69, 9.17) is 14.8 Å². The van der Waals surface area contributed by atoms with Crippen LogP contribution < -0.4 is 10.2 Å². The third-order valence-electron chi connectivity index (χ3n) is 2.60. The second kappa shape index (κ2) is 5.70. The molecular weight excluding hydrogens is 231 g/mol. The molecule has 2 rings (SSSR count). The predicted octanol–water partition coefficient (Wildman–Crippen LogP) is -0.279. The maximum absolute atomic E-state index is 8.95. The summed E-state index contributed by atoms with van der Waals surface area (Å²) in [5, 5.41) is 22.0. The van der Waals surface area contributed by atoms with E-state index in [9.17, 15) is 0 Å². The van der Waals surface area contributed by atoms with Gasteiger partial charge in [0.05, 0.1) is 12.8 Å². The fourth-order valence-corrected chi connectivity index (χ4v) is 1.62. The van der Waals surface area contributed by atoms with Gasteiger partial charge in [-0.1, -0.05) is 12.1 Å². The molecule has 0 fully saturated rings. The van der Waals surface area contributed by atoms with Gasteiger partial charge < -0.3 is 14.8 Å². The Hall–Kier alpha value is -1.79. The van der Waals surface area contributed by atoms with Crippen LogP contribution in [0.25, 0.3) is 0 Å². The van der Waals surface area contributed by atoms with Gasteiger partial charge >= 0.3 is 7.12 Å². The number of hydrogen-bond donors (Lipinski definition) is 2. The van der Waals surface area contributed by atoms with Crippen molar-refractivity contribution in [3.8, 4) is 5.75 Å². The first-order valence-corrected chi connectivity index (χ1v) is 5.71. The van der Waals surface area contributed by atoms with E-state index in [1.54, 1.807) is 28.9 Å². The maximum atomic E-state index is 8.95. The Bertz CT molecular complexity index is 496. The SMILES string of the molecule is Cn1cc(CCOc2ccc(B(O)O)cc2)cn1.